The van der Waals surface area contributed by atoms with Crippen LogP contribution in [0.5, 0.6) is 0 Å². The normalized spacial score (nSPS) is 9.12. The van der Waals surface area contributed by atoms with Crippen molar-refractivity contribution >= 4 is 5.78 Å². The molecule has 3 heteroatoms. The van der Waals surface area contributed by atoms with Gasteiger partial charge in [-0.25, -0.2) is 4.98 Å². The van der Waals surface area contributed by atoms with E-state index in [1.54, 1.807) is 0 Å². The number of Topliss-reactive ketones (excluding diaryl/α,β-unsaturated/α-hetero) is 1. The summed E-state index contributed by atoms with van der Waals surface area (Å²) in [5.74, 6) is 0.0162. The highest BCUT2D eigenvalue weighted by Crippen LogP contribution is 1.89. The van der Waals surface area contributed by atoms with Gasteiger partial charge in [0.2, 0.25) is 0 Å². The van der Waals surface area contributed by atoms with Crippen LogP contribution >= 0.6 is 0 Å². The van der Waals surface area contributed by atoms with E-state index in [9.17, 15) is 4.79 Å². The van der Waals surface area contributed by atoms with Crippen LogP contribution in [0, 0.1) is 0 Å². The number of H-pyrrole nitrogens is 1. The van der Waals surface area contributed by atoms with E-state index < -0.39 is 0 Å². The van der Waals surface area contributed by atoms with E-state index in [1.807, 2.05) is 0 Å². The Hall–Kier alpha value is -1.12. The van der Waals surface area contributed by atoms with Gasteiger partial charge in [-0.2, -0.15) is 0 Å². The van der Waals surface area contributed by atoms with E-state index >= 15 is 0 Å². The Balaban J connectivity index is 0.000000640. The maximum absolute atomic E-state index is 10.4. The molecule has 0 saturated heterocycles. The lowest BCUT2D eigenvalue weighted by atomic mass is 10.3. The minimum atomic E-state index is 0. The highest BCUT2D eigenvalue weighted by atomic mass is 16.1. The molecule has 0 fully saturated rings. The van der Waals surface area contributed by atoms with Crippen molar-refractivity contribution in [3.8, 4) is 0 Å². The summed E-state index contributed by atoms with van der Waals surface area (Å²) in [5, 5.41) is 0. The predicted octanol–water partition coefficient (Wildman–Crippen LogP) is 0.858. The van der Waals surface area contributed by atoms with Crippen molar-refractivity contribution in [2.75, 3.05) is 0 Å². The molecule has 1 rings (SSSR count). The van der Waals surface area contributed by atoms with Crippen LogP contribution in [0.3, 0.4) is 0 Å². The molecule has 0 spiro atoms. The van der Waals surface area contributed by atoms with E-state index in [1.165, 1.54) is 19.4 Å². The monoisotopic (exact) mass is 112 g/mol. The van der Waals surface area contributed by atoms with Gasteiger partial charge in [-0.15, -0.1) is 0 Å². The smallest absolute Gasteiger partial charge is 0.177 e. The first-order valence-corrected chi connectivity index (χ1v) is 2.30. The van der Waals surface area contributed by atoms with Gasteiger partial charge in [-0.3, -0.25) is 4.79 Å². The fourth-order valence-corrected chi connectivity index (χ4v) is 0.448. The van der Waals surface area contributed by atoms with Gasteiger partial charge in [0, 0.05) is 8.35 Å². The molecule has 0 bridgehead atoms. The highest BCUT2D eigenvalue weighted by molar-refractivity contribution is 5.91. The highest BCUT2D eigenvalue weighted by Gasteiger charge is 1.95. The SMILES string of the molecule is CC(=O)c1cnc[nH]1.[HH]. The molecule has 8 heavy (non-hydrogen) atoms. The number of hydrogen-bond donors (Lipinski definition) is 1. The zero-order chi connectivity index (χ0) is 5.98. The summed E-state index contributed by atoms with van der Waals surface area (Å²) >= 11 is 0. The Bertz CT molecular complexity index is 183. The molecule has 0 aromatic carbocycles. The quantitative estimate of drug-likeness (QED) is 0.547. The van der Waals surface area contributed by atoms with Crippen molar-refractivity contribution in [3.05, 3.63) is 18.2 Å². The number of hydrogen-bond acceptors (Lipinski definition) is 2. The van der Waals surface area contributed by atoms with Crippen LogP contribution in [0.25, 0.3) is 0 Å². The van der Waals surface area contributed by atoms with Crippen LogP contribution in [0.1, 0.15) is 18.8 Å². The Morgan fingerprint density at radius 3 is 3.00 bits per heavy atom. The van der Waals surface area contributed by atoms with Crippen molar-refractivity contribution in [3.63, 3.8) is 0 Å². The molecule has 0 aliphatic rings. The molecular formula is C5H8N2O. The van der Waals surface area contributed by atoms with E-state index in [-0.39, 0.29) is 7.21 Å². The molecule has 1 heterocycles. The van der Waals surface area contributed by atoms with Crippen molar-refractivity contribution in [1.82, 2.24) is 9.97 Å². The molecule has 0 radical (unpaired) electrons. The largest absolute Gasteiger partial charge is 0.342 e. The van der Waals surface area contributed by atoms with Crippen LogP contribution in [0.4, 0.5) is 0 Å². The molecule has 0 aliphatic carbocycles. The molecule has 1 aromatic rings. The number of imidazole rings is 1. The maximum atomic E-state index is 10.4. The van der Waals surface area contributed by atoms with Crippen molar-refractivity contribution < 1.29 is 6.22 Å². The van der Waals surface area contributed by atoms with Gasteiger partial charge in [0.25, 0.3) is 0 Å². The van der Waals surface area contributed by atoms with Gasteiger partial charge in [-0.05, 0) is 0 Å². The molecule has 0 unspecified atom stereocenters. The molecule has 0 saturated carbocycles. The van der Waals surface area contributed by atoms with Gasteiger partial charge >= 0.3 is 0 Å². The Labute approximate surface area is 48.2 Å². The van der Waals surface area contributed by atoms with Gasteiger partial charge in [0.15, 0.2) is 5.78 Å². The lowest BCUT2D eigenvalue weighted by Crippen LogP contribution is -1.89. The molecule has 1 N–H and O–H groups in total. The Morgan fingerprint density at radius 1 is 2.00 bits per heavy atom. The molecule has 0 aliphatic heterocycles. The van der Waals surface area contributed by atoms with E-state index in [0.29, 0.717) is 5.69 Å². The summed E-state index contributed by atoms with van der Waals surface area (Å²) in [4.78, 5) is 16.8. The van der Waals surface area contributed by atoms with Crippen LogP contribution in [-0.2, 0) is 0 Å². The molecule has 0 atom stereocenters. The van der Waals surface area contributed by atoms with Gasteiger partial charge in [0.1, 0.15) is 5.69 Å². The van der Waals surface area contributed by atoms with Crippen molar-refractivity contribution in [2.24, 2.45) is 0 Å². The average molecular weight is 112 g/mol. The summed E-state index contributed by atoms with van der Waals surface area (Å²) in [7, 11) is 0. The second-order valence-electron chi connectivity index (χ2n) is 1.52. The first-order valence-electron chi connectivity index (χ1n) is 2.30. The Morgan fingerprint density at radius 2 is 2.75 bits per heavy atom. The number of carbonyl (C=O) groups is 1. The molecular weight excluding hydrogens is 104 g/mol. The number of nitrogens with one attached hydrogen (secondary N) is 1. The van der Waals surface area contributed by atoms with Crippen LogP contribution in [0.15, 0.2) is 12.5 Å². The van der Waals surface area contributed by atoms with Crippen LogP contribution in [0.2, 0.25) is 0 Å². The first-order chi connectivity index (χ1) is 3.80. The number of ketones is 1. The fourth-order valence-electron chi connectivity index (χ4n) is 0.448. The summed E-state index contributed by atoms with van der Waals surface area (Å²) in [6.07, 6.45) is 2.99. The third-order valence-corrected chi connectivity index (χ3v) is 0.878. The number of aromatic amines is 1. The third-order valence-electron chi connectivity index (χ3n) is 0.878. The zero-order valence-corrected chi connectivity index (χ0v) is 4.51. The van der Waals surface area contributed by atoms with E-state index in [4.69, 9.17) is 0 Å². The number of rotatable bonds is 1. The van der Waals surface area contributed by atoms with Crippen molar-refractivity contribution in [1.29, 1.82) is 0 Å². The summed E-state index contributed by atoms with van der Waals surface area (Å²) < 4.78 is 0. The van der Waals surface area contributed by atoms with Crippen LogP contribution < -0.4 is 0 Å². The molecule has 1 aromatic heterocycles. The number of aromatic nitrogens is 2. The first kappa shape index (κ1) is 5.03. The molecule has 44 valence electrons. The van der Waals surface area contributed by atoms with Gasteiger partial charge in [0.05, 0.1) is 12.5 Å². The lowest BCUT2D eigenvalue weighted by Gasteiger charge is -1.80. The van der Waals surface area contributed by atoms with Gasteiger partial charge in [-0.1, -0.05) is 0 Å². The Kier molecular flexibility index (Phi) is 1.12. The van der Waals surface area contributed by atoms with E-state index in [0.717, 1.165) is 0 Å². The average Bonchev–Trinajstić information content (AvgIpc) is 2.12. The van der Waals surface area contributed by atoms with Crippen molar-refractivity contribution in [2.45, 2.75) is 6.92 Å². The number of nitrogens with zero attached hydrogens (tertiary/aromatic N) is 1. The minimum Gasteiger partial charge on any atom is -0.342 e. The summed E-state index contributed by atoms with van der Waals surface area (Å²) in [5.41, 5.74) is 0.560. The fraction of sp³-hybridized carbons (Fsp3) is 0.200. The molecule has 3 nitrogen and oxygen atoms in total. The standard InChI is InChI=1S/C5H6N2O.H2/c1-4(8)5-2-6-3-7-5;/h2-3H,1H3,(H,6,7);1H. The second kappa shape index (κ2) is 1.78. The summed E-state index contributed by atoms with van der Waals surface area (Å²) in [6.45, 7) is 1.49. The second-order valence-corrected chi connectivity index (χ2v) is 1.52. The van der Waals surface area contributed by atoms with Gasteiger partial charge < -0.3 is 4.98 Å². The van der Waals surface area contributed by atoms with Crippen LogP contribution in [-0.4, -0.2) is 15.8 Å². The zero-order valence-electron chi connectivity index (χ0n) is 4.51. The number of carbonyl (C=O) groups excluding carboxylic acids is 1. The topological polar surface area (TPSA) is 45.8 Å². The predicted molar refractivity (Wildman–Crippen MR) is 30.7 cm³/mol. The lowest BCUT2D eigenvalue weighted by molar-refractivity contribution is 0.101. The van der Waals surface area contributed by atoms with E-state index in [2.05, 4.69) is 9.97 Å². The third kappa shape index (κ3) is 0.753. The molecule has 0 amide bonds. The maximum Gasteiger partial charge on any atom is 0.177 e. The minimum absolute atomic E-state index is 0. The summed E-state index contributed by atoms with van der Waals surface area (Å²) in [6, 6.07) is 0.